The first-order chi connectivity index (χ1) is 8.57. The molecule has 1 saturated carbocycles. The second-order valence-corrected chi connectivity index (χ2v) is 5.46. The number of hydrogen-bond acceptors (Lipinski definition) is 2. The third-order valence-corrected chi connectivity index (χ3v) is 4.22. The highest BCUT2D eigenvalue weighted by atomic mass is 35.5. The summed E-state index contributed by atoms with van der Waals surface area (Å²) in [6.45, 7) is 2.08. The summed E-state index contributed by atoms with van der Waals surface area (Å²) >= 11 is 5.92. The van der Waals surface area contributed by atoms with Gasteiger partial charge in [0.25, 0.3) is 0 Å². The second-order valence-electron chi connectivity index (χ2n) is 5.03. The number of nitrogen functional groups attached to an aromatic ring is 1. The Morgan fingerprint density at radius 3 is 2.72 bits per heavy atom. The Morgan fingerprint density at radius 2 is 2.11 bits per heavy atom. The number of halogens is 1. The Balaban J connectivity index is 2.18. The maximum Gasteiger partial charge on any atom is 0.230 e. The van der Waals surface area contributed by atoms with Crippen molar-refractivity contribution in [2.45, 2.75) is 39.0 Å². The van der Waals surface area contributed by atoms with Crippen LogP contribution in [0.4, 0.5) is 11.4 Å². The number of carbonyl (C=O) groups is 1. The van der Waals surface area contributed by atoms with Gasteiger partial charge < -0.3 is 11.1 Å². The first-order valence-corrected chi connectivity index (χ1v) is 6.82. The van der Waals surface area contributed by atoms with E-state index in [2.05, 4.69) is 12.2 Å². The highest BCUT2D eigenvalue weighted by Gasteiger charge is 2.39. The first kappa shape index (κ1) is 13.2. The van der Waals surface area contributed by atoms with Crippen molar-refractivity contribution in [3.05, 3.63) is 23.2 Å². The smallest absolute Gasteiger partial charge is 0.230 e. The SMILES string of the molecule is CCC1(C(=O)Nc2cc(Cl)ccc2N)CCCC1. The Morgan fingerprint density at radius 1 is 1.44 bits per heavy atom. The van der Waals surface area contributed by atoms with E-state index in [0.29, 0.717) is 16.4 Å². The van der Waals surface area contributed by atoms with Crippen LogP contribution in [-0.4, -0.2) is 5.91 Å². The molecule has 0 heterocycles. The van der Waals surface area contributed by atoms with E-state index in [1.807, 2.05) is 0 Å². The number of amides is 1. The van der Waals surface area contributed by atoms with E-state index >= 15 is 0 Å². The van der Waals surface area contributed by atoms with E-state index in [1.54, 1.807) is 18.2 Å². The van der Waals surface area contributed by atoms with Crippen LogP contribution in [0.1, 0.15) is 39.0 Å². The zero-order valence-corrected chi connectivity index (χ0v) is 11.4. The summed E-state index contributed by atoms with van der Waals surface area (Å²) in [5, 5.41) is 3.52. The normalized spacial score (nSPS) is 17.7. The quantitative estimate of drug-likeness (QED) is 0.817. The molecule has 3 nitrogen and oxygen atoms in total. The maximum atomic E-state index is 12.4. The molecular weight excluding hydrogens is 248 g/mol. The molecule has 0 aliphatic heterocycles. The van der Waals surface area contributed by atoms with Gasteiger partial charge in [-0.25, -0.2) is 0 Å². The molecule has 1 aromatic carbocycles. The van der Waals surface area contributed by atoms with Gasteiger partial charge in [-0.05, 0) is 37.5 Å². The van der Waals surface area contributed by atoms with Gasteiger partial charge >= 0.3 is 0 Å². The predicted molar refractivity (Wildman–Crippen MR) is 75.7 cm³/mol. The largest absolute Gasteiger partial charge is 0.397 e. The third-order valence-electron chi connectivity index (χ3n) is 3.98. The zero-order valence-electron chi connectivity index (χ0n) is 10.6. The molecule has 0 bridgehead atoms. The molecule has 0 radical (unpaired) electrons. The lowest BCUT2D eigenvalue weighted by atomic mass is 9.82. The summed E-state index contributed by atoms with van der Waals surface area (Å²) in [5.74, 6) is 0.0801. The minimum absolute atomic E-state index is 0.0801. The van der Waals surface area contributed by atoms with Crippen molar-refractivity contribution >= 4 is 28.9 Å². The molecule has 0 saturated heterocycles. The van der Waals surface area contributed by atoms with E-state index in [1.165, 1.54) is 0 Å². The van der Waals surface area contributed by atoms with Crippen LogP contribution in [0.3, 0.4) is 0 Å². The fraction of sp³-hybridized carbons (Fsp3) is 0.500. The molecule has 98 valence electrons. The van der Waals surface area contributed by atoms with Crippen LogP contribution in [0.15, 0.2) is 18.2 Å². The van der Waals surface area contributed by atoms with Crippen LogP contribution in [0.5, 0.6) is 0 Å². The van der Waals surface area contributed by atoms with Gasteiger partial charge in [0.2, 0.25) is 5.91 Å². The molecule has 4 heteroatoms. The number of nitrogens with two attached hydrogens (primary N) is 1. The van der Waals surface area contributed by atoms with Gasteiger partial charge in [-0.3, -0.25) is 4.79 Å². The molecule has 1 aromatic rings. The fourth-order valence-electron chi connectivity index (χ4n) is 2.68. The Kier molecular flexibility index (Phi) is 3.81. The molecule has 1 amide bonds. The minimum atomic E-state index is -0.214. The van der Waals surface area contributed by atoms with Crippen molar-refractivity contribution in [2.75, 3.05) is 11.1 Å². The van der Waals surface area contributed by atoms with Crippen LogP contribution in [0.2, 0.25) is 5.02 Å². The Labute approximate surface area is 113 Å². The lowest BCUT2D eigenvalue weighted by Crippen LogP contribution is -2.33. The Bertz CT molecular complexity index is 453. The standard InChI is InChI=1S/C14H19ClN2O/c1-2-14(7-3-4-8-14)13(18)17-12-9-10(15)5-6-11(12)16/h5-6,9H,2-4,7-8,16H2,1H3,(H,17,18). The summed E-state index contributed by atoms with van der Waals surface area (Å²) < 4.78 is 0. The van der Waals surface area contributed by atoms with E-state index in [4.69, 9.17) is 17.3 Å². The van der Waals surface area contributed by atoms with Crippen LogP contribution in [-0.2, 0) is 4.79 Å². The average molecular weight is 267 g/mol. The predicted octanol–water partition coefficient (Wildman–Crippen LogP) is 3.83. The van der Waals surface area contributed by atoms with Crippen LogP contribution >= 0.6 is 11.6 Å². The molecule has 1 aliphatic carbocycles. The molecule has 1 aliphatic rings. The lowest BCUT2D eigenvalue weighted by molar-refractivity contribution is -0.125. The first-order valence-electron chi connectivity index (χ1n) is 6.44. The van der Waals surface area contributed by atoms with Crippen molar-refractivity contribution in [1.29, 1.82) is 0 Å². The van der Waals surface area contributed by atoms with Crippen LogP contribution < -0.4 is 11.1 Å². The number of nitrogens with one attached hydrogen (secondary N) is 1. The number of benzene rings is 1. The maximum absolute atomic E-state index is 12.4. The van der Waals surface area contributed by atoms with Crippen molar-refractivity contribution in [1.82, 2.24) is 0 Å². The molecule has 18 heavy (non-hydrogen) atoms. The Hall–Kier alpha value is -1.22. The third kappa shape index (κ3) is 2.46. The number of anilines is 2. The van der Waals surface area contributed by atoms with Gasteiger partial charge in [-0.1, -0.05) is 31.4 Å². The van der Waals surface area contributed by atoms with Crippen LogP contribution in [0, 0.1) is 5.41 Å². The van der Waals surface area contributed by atoms with E-state index < -0.39 is 0 Å². The molecule has 2 rings (SSSR count). The molecular formula is C14H19ClN2O. The topological polar surface area (TPSA) is 55.1 Å². The van der Waals surface area contributed by atoms with Crippen molar-refractivity contribution in [3.63, 3.8) is 0 Å². The number of hydrogen-bond donors (Lipinski definition) is 2. The van der Waals surface area contributed by atoms with Gasteiger partial charge in [-0.2, -0.15) is 0 Å². The summed E-state index contributed by atoms with van der Waals surface area (Å²) in [6.07, 6.45) is 5.07. The fourth-order valence-corrected chi connectivity index (χ4v) is 2.86. The zero-order chi connectivity index (χ0) is 13.2. The lowest BCUT2D eigenvalue weighted by Gasteiger charge is -2.26. The van der Waals surface area contributed by atoms with Gasteiger partial charge in [-0.15, -0.1) is 0 Å². The molecule has 1 fully saturated rings. The van der Waals surface area contributed by atoms with Gasteiger partial charge in [0, 0.05) is 10.4 Å². The van der Waals surface area contributed by atoms with E-state index in [0.717, 1.165) is 32.1 Å². The summed E-state index contributed by atoms with van der Waals surface area (Å²) in [5.41, 5.74) is 6.80. The number of carbonyl (C=O) groups excluding carboxylic acids is 1. The van der Waals surface area contributed by atoms with Crippen molar-refractivity contribution in [2.24, 2.45) is 5.41 Å². The minimum Gasteiger partial charge on any atom is -0.397 e. The monoisotopic (exact) mass is 266 g/mol. The second kappa shape index (κ2) is 5.19. The van der Waals surface area contributed by atoms with Gasteiger partial charge in [0.05, 0.1) is 11.4 Å². The molecule has 0 aromatic heterocycles. The summed E-state index contributed by atoms with van der Waals surface area (Å²) in [7, 11) is 0. The van der Waals surface area contributed by atoms with Gasteiger partial charge in [0.15, 0.2) is 0 Å². The van der Waals surface area contributed by atoms with Crippen molar-refractivity contribution < 1.29 is 4.79 Å². The highest BCUT2D eigenvalue weighted by Crippen LogP contribution is 2.42. The van der Waals surface area contributed by atoms with Crippen molar-refractivity contribution in [3.8, 4) is 0 Å². The summed E-state index contributed by atoms with van der Waals surface area (Å²) in [4.78, 5) is 12.4. The molecule has 3 N–H and O–H groups in total. The van der Waals surface area contributed by atoms with E-state index in [9.17, 15) is 4.79 Å². The van der Waals surface area contributed by atoms with E-state index in [-0.39, 0.29) is 11.3 Å². The number of rotatable bonds is 3. The van der Waals surface area contributed by atoms with Gasteiger partial charge in [0.1, 0.15) is 0 Å². The molecule has 0 spiro atoms. The summed E-state index contributed by atoms with van der Waals surface area (Å²) in [6, 6.07) is 5.13. The molecule has 0 atom stereocenters. The average Bonchev–Trinajstić information content (AvgIpc) is 2.84. The highest BCUT2D eigenvalue weighted by molar-refractivity contribution is 6.31. The molecule has 0 unspecified atom stereocenters. The van der Waals surface area contributed by atoms with Crippen LogP contribution in [0.25, 0.3) is 0 Å².